The van der Waals surface area contributed by atoms with Crippen molar-refractivity contribution < 1.29 is 4.42 Å². The highest BCUT2D eigenvalue weighted by atomic mass is 16.4. The smallest absolute Gasteiger partial charge is 0.208 e. The first-order chi connectivity index (χ1) is 8.61. The average molecular weight is 251 g/mol. The monoisotopic (exact) mass is 251 g/mol. The Morgan fingerprint density at radius 2 is 2.06 bits per heavy atom. The minimum Gasteiger partial charge on any atom is -0.444 e. The summed E-state index contributed by atoms with van der Waals surface area (Å²) in [6, 6.07) is 0.580. The molecule has 1 aromatic rings. The van der Waals surface area contributed by atoms with Gasteiger partial charge in [0.2, 0.25) is 5.89 Å². The summed E-state index contributed by atoms with van der Waals surface area (Å²) in [6.07, 6.45) is 5.14. The van der Waals surface area contributed by atoms with E-state index in [1.165, 1.54) is 25.7 Å². The van der Waals surface area contributed by atoms with Gasteiger partial charge in [-0.05, 0) is 46.2 Å². The number of nitrogens with two attached hydrogens (primary N) is 1. The molecule has 2 atom stereocenters. The van der Waals surface area contributed by atoms with Gasteiger partial charge in [0.1, 0.15) is 5.76 Å². The van der Waals surface area contributed by atoms with Crippen molar-refractivity contribution in [3.8, 4) is 0 Å². The highest BCUT2D eigenvalue weighted by molar-refractivity contribution is 5.05. The lowest BCUT2D eigenvalue weighted by atomic mass is 9.84. The predicted octanol–water partition coefficient (Wildman–Crippen LogP) is 2.24. The van der Waals surface area contributed by atoms with Gasteiger partial charge in [-0.3, -0.25) is 4.90 Å². The van der Waals surface area contributed by atoms with Gasteiger partial charge < -0.3 is 10.2 Å². The normalized spacial score (nSPS) is 24.7. The summed E-state index contributed by atoms with van der Waals surface area (Å²) in [5, 5.41) is 0. The van der Waals surface area contributed by atoms with Crippen LogP contribution in [0.1, 0.15) is 43.0 Å². The minimum absolute atomic E-state index is 0.580. The molecule has 0 amide bonds. The van der Waals surface area contributed by atoms with Crippen molar-refractivity contribution >= 4 is 0 Å². The van der Waals surface area contributed by atoms with Gasteiger partial charge in [0.05, 0.1) is 12.2 Å². The van der Waals surface area contributed by atoms with Crippen molar-refractivity contribution in [1.82, 2.24) is 9.88 Å². The molecule has 2 N–H and O–H groups in total. The van der Waals surface area contributed by atoms with Crippen molar-refractivity contribution in [1.29, 1.82) is 0 Å². The van der Waals surface area contributed by atoms with Crippen LogP contribution < -0.4 is 5.73 Å². The van der Waals surface area contributed by atoms with Gasteiger partial charge in [-0.25, -0.2) is 4.98 Å². The Morgan fingerprint density at radius 3 is 2.67 bits per heavy atom. The third kappa shape index (κ3) is 2.93. The number of nitrogens with zero attached hydrogens (tertiary/aromatic N) is 2. The lowest BCUT2D eigenvalue weighted by Gasteiger charge is -2.36. The summed E-state index contributed by atoms with van der Waals surface area (Å²) in [5.41, 5.74) is 6.88. The molecule has 0 aliphatic heterocycles. The molecule has 1 aliphatic rings. The SMILES string of the molecule is Cc1nc(CN(C)C2CCCCC2CN)oc1C. The Morgan fingerprint density at radius 1 is 1.33 bits per heavy atom. The first-order valence-electron chi connectivity index (χ1n) is 6.95. The van der Waals surface area contributed by atoms with Gasteiger partial charge in [-0.15, -0.1) is 0 Å². The van der Waals surface area contributed by atoms with Crippen molar-refractivity contribution in [2.24, 2.45) is 11.7 Å². The molecule has 102 valence electrons. The molecule has 0 spiro atoms. The van der Waals surface area contributed by atoms with Crippen molar-refractivity contribution in [2.75, 3.05) is 13.6 Å². The Kier molecular flexibility index (Phi) is 4.40. The fourth-order valence-electron chi connectivity index (χ4n) is 2.98. The van der Waals surface area contributed by atoms with Crippen LogP contribution in [0.4, 0.5) is 0 Å². The van der Waals surface area contributed by atoms with Crippen molar-refractivity contribution in [3.05, 3.63) is 17.3 Å². The maximum Gasteiger partial charge on any atom is 0.208 e. The second-order valence-corrected chi connectivity index (χ2v) is 5.51. The number of aryl methyl sites for hydroxylation is 2. The van der Waals surface area contributed by atoms with Crippen molar-refractivity contribution in [3.63, 3.8) is 0 Å². The van der Waals surface area contributed by atoms with Gasteiger partial charge in [0.15, 0.2) is 0 Å². The molecular weight excluding hydrogens is 226 g/mol. The van der Waals surface area contributed by atoms with Crippen LogP contribution in [-0.4, -0.2) is 29.5 Å². The molecule has 1 aromatic heterocycles. The average Bonchev–Trinajstić information content (AvgIpc) is 2.68. The molecule has 4 nitrogen and oxygen atoms in total. The molecule has 0 bridgehead atoms. The van der Waals surface area contributed by atoms with Crippen molar-refractivity contribution in [2.45, 2.75) is 52.1 Å². The van der Waals surface area contributed by atoms with E-state index < -0.39 is 0 Å². The molecule has 0 saturated heterocycles. The largest absolute Gasteiger partial charge is 0.444 e. The number of hydrogen-bond donors (Lipinski definition) is 1. The number of aromatic nitrogens is 1. The summed E-state index contributed by atoms with van der Waals surface area (Å²) in [5.74, 6) is 2.38. The van der Waals surface area contributed by atoms with Crippen LogP contribution in [0.25, 0.3) is 0 Å². The minimum atomic E-state index is 0.580. The Bertz CT molecular complexity index is 369. The van der Waals surface area contributed by atoms with Crippen LogP contribution in [0, 0.1) is 19.8 Å². The fraction of sp³-hybridized carbons (Fsp3) is 0.786. The van der Waals surface area contributed by atoms with E-state index in [1.54, 1.807) is 0 Å². The molecule has 0 radical (unpaired) electrons. The standard InChI is InChI=1S/C14H25N3O/c1-10-11(2)18-14(16-10)9-17(3)13-7-5-4-6-12(13)8-15/h12-13H,4-9,15H2,1-3H3. The fourth-order valence-corrected chi connectivity index (χ4v) is 2.98. The maximum atomic E-state index is 5.89. The van der Waals surface area contributed by atoms with Gasteiger partial charge in [0, 0.05) is 6.04 Å². The van der Waals surface area contributed by atoms with Gasteiger partial charge in [-0.1, -0.05) is 12.8 Å². The molecule has 1 aliphatic carbocycles. The van der Waals surface area contributed by atoms with E-state index >= 15 is 0 Å². The molecule has 0 aromatic carbocycles. The second kappa shape index (κ2) is 5.85. The second-order valence-electron chi connectivity index (χ2n) is 5.51. The molecule has 4 heteroatoms. The van der Waals surface area contributed by atoms with Crippen LogP contribution in [0.3, 0.4) is 0 Å². The lowest BCUT2D eigenvalue weighted by molar-refractivity contribution is 0.118. The zero-order chi connectivity index (χ0) is 13.1. The van der Waals surface area contributed by atoms with Crippen LogP contribution in [0.2, 0.25) is 0 Å². The van der Waals surface area contributed by atoms with Crippen LogP contribution in [0.15, 0.2) is 4.42 Å². The number of oxazole rings is 1. The first-order valence-corrected chi connectivity index (χ1v) is 6.95. The zero-order valence-electron chi connectivity index (χ0n) is 11.8. The third-order valence-electron chi connectivity index (χ3n) is 4.20. The van der Waals surface area contributed by atoms with Crippen LogP contribution in [-0.2, 0) is 6.54 Å². The molecule has 18 heavy (non-hydrogen) atoms. The topological polar surface area (TPSA) is 55.3 Å². The zero-order valence-corrected chi connectivity index (χ0v) is 11.8. The van der Waals surface area contributed by atoms with E-state index in [0.717, 1.165) is 30.4 Å². The Labute approximate surface area is 110 Å². The molecule has 1 heterocycles. The first kappa shape index (κ1) is 13.6. The summed E-state index contributed by atoms with van der Waals surface area (Å²) in [7, 11) is 2.16. The predicted molar refractivity (Wildman–Crippen MR) is 72.2 cm³/mol. The summed E-state index contributed by atoms with van der Waals surface area (Å²) < 4.78 is 5.66. The van der Waals surface area contributed by atoms with Crippen LogP contribution in [0.5, 0.6) is 0 Å². The van der Waals surface area contributed by atoms with E-state index in [9.17, 15) is 0 Å². The highest BCUT2D eigenvalue weighted by Gasteiger charge is 2.27. The summed E-state index contributed by atoms with van der Waals surface area (Å²) in [4.78, 5) is 6.82. The summed E-state index contributed by atoms with van der Waals surface area (Å²) in [6.45, 7) is 5.54. The van der Waals surface area contributed by atoms with Gasteiger partial charge in [0.25, 0.3) is 0 Å². The Hall–Kier alpha value is -0.870. The molecule has 1 fully saturated rings. The van der Waals surface area contributed by atoms with Gasteiger partial charge >= 0.3 is 0 Å². The molecule has 2 unspecified atom stereocenters. The van der Waals surface area contributed by atoms with E-state index in [1.807, 2.05) is 13.8 Å². The maximum absolute atomic E-state index is 5.89. The highest BCUT2D eigenvalue weighted by Crippen LogP contribution is 2.28. The third-order valence-corrected chi connectivity index (χ3v) is 4.20. The van der Waals surface area contributed by atoms with E-state index in [4.69, 9.17) is 10.2 Å². The van der Waals surface area contributed by atoms with E-state index in [-0.39, 0.29) is 0 Å². The summed E-state index contributed by atoms with van der Waals surface area (Å²) >= 11 is 0. The van der Waals surface area contributed by atoms with E-state index in [0.29, 0.717) is 12.0 Å². The van der Waals surface area contributed by atoms with Crippen LogP contribution >= 0.6 is 0 Å². The number of rotatable bonds is 4. The lowest BCUT2D eigenvalue weighted by Crippen LogP contribution is -2.42. The van der Waals surface area contributed by atoms with E-state index in [2.05, 4.69) is 16.9 Å². The quantitative estimate of drug-likeness (QED) is 0.891. The molecular formula is C14H25N3O. The van der Waals surface area contributed by atoms with Gasteiger partial charge in [-0.2, -0.15) is 0 Å². The molecule has 2 rings (SSSR count). The number of hydrogen-bond acceptors (Lipinski definition) is 4. The molecule has 1 saturated carbocycles. The Balaban J connectivity index is 1.99.